The van der Waals surface area contributed by atoms with Gasteiger partial charge in [0.15, 0.2) is 5.92 Å². The van der Waals surface area contributed by atoms with E-state index in [0.29, 0.717) is 5.02 Å². The monoisotopic (exact) mass is 377 g/mol. The van der Waals surface area contributed by atoms with Gasteiger partial charge in [0.25, 0.3) is 0 Å². The molecule has 0 saturated heterocycles. The molecule has 5 heteroatoms. The summed E-state index contributed by atoms with van der Waals surface area (Å²) >= 11 is 9.34. The molecule has 0 heterocycles. The second kappa shape index (κ2) is 6.95. The molecule has 22 heavy (non-hydrogen) atoms. The first-order valence-corrected chi connectivity index (χ1v) is 7.75. The summed E-state index contributed by atoms with van der Waals surface area (Å²) in [6.45, 7) is 1.86. The molecule has 2 unspecified atom stereocenters. The Morgan fingerprint density at radius 2 is 1.91 bits per heavy atom. The van der Waals surface area contributed by atoms with Gasteiger partial charge in [-0.1, -0.05) is 45.7 Å². The number of halogens is 2. The lowest BCUT2D eigenvalue weighted by atomic mass is 9.79. The Morgan fingerprint density at radius 3 is 2.41 bits per heavy atom. The minimum absolute atomic E-state index is 0.548. The zero-order valence-electron chi connectivity index (χ0n) is 11.8. The molecule has 3 nitrogen and oxygen atoms in total. The predicted molar refractivity (Wildman–Crippen MR) is 88.9 cm³/mol. The Kier molecular flexibility index (Phi) is 5.23. The third-order valence-corrected chi connectivity index (χ3v) is 4.30. The molecule has 0 aliphatic heterocycles. The van der Waals surface area contributed by atoms with E-state index in [1.807, 2.05) is 37.3 Å². The van der Waals surface area contributed by atoms with Gasteiger partial charge in [-0.2, -0.15) is 5.26 Å². The van der Waals surface area contributed by atoms with E-state index < -0.39 is 17.8 Å². The Balaban J connectivity index is 2.62. The van der Waals surface area contributed by atoms with Crippen LogP contribution >= 0.6 is 27.5 Å². The number of hydrogen-bond acceptors (Lipinski definition) is 2. The van der Waals surface area contributed by atoms with Gasteiger partial charge >= 0.3 is 5.97 Å². The summed E-state index contributed by atoms with van der Waals surface area (Å²) in [7, 11) is 0. The second-order valence-electron chi connectivity index (χ2n) is 4.98. The molecule has 2 atom stereocenters. The molecule has 2 rings (SSSR count). The Labute approximate surface area is 142 Å². The van der Waals surface area contributed by atoms with Crippen LogP contribution in [0.4, 0.5) is 0 Å². The van der Waals surface area contributed by atoms with Crippen molar-refractivity contribution >= 4 is 33.5 Å². The maximum atomic E-state index is 11.5. The van der Waals surface area contributed by atoms with Gasteiger partial charge in [-0.15, -0.1) is 0 Å². The van der Waals surface area contributed by atoms with E-state index in [9.17, 15) is 15.2 Å². The highest BCUT2D eigenvalue weighted by Crippen LogP contribution is 2.35. The van der Waals surface area contributed by atoms with Crippen molar-refractivity contribution in [2.45, 2.75) is 12.8 Å². The minimum Gasteiger partial charge on any atom is -0.480 e. The summed E-state index contributed by atoms with van der Waals surface area (Å²) < 4.78 is 0.895. The quantitative estimate of drug-likeness (QED) is 0.834. The van der Waals surface area contributed by atoms with E-state index >= 15 is 0 Å². The van der Waals surface area contributed by atoms with Crippen molar-refractivity contribution in [2.75, 3.05) is 0 Å². The molecule has 1 N–H and O–H groups in total. The van der Waals surface area contributed by atoms with E-state index in [2.05, 4.69) is 15.9 Å². The maximum absolute atomic E-state index is 11.5. The molecule has 0 aliphatic rings. The summed E-state index contributed by atoms with van der Waals surface area (Å²) in [6.07, 6.45) is 0. The van der Waals surface area contributed by atoms with Crippen molar-refractivity contribution in [3.63, 3.8) is 0 Å². The van der Waals surface area contributed by atoms with E-state index in [4.69, 9.17) is 11.6 Å². The second-order valence-corrected chi connectivity index (χ2v) is 6.33. The fourth-order valence-electron chi connectivity index (χ4n) is 2.48. The van der Waals surface area contributed by atoms with Crippen molar-refractivity contribution in [3.8, 4) is 6.07 Å². The predicted octanol–water partition coefficient (Wildman–Crippen LogP) is 4.77. The van der Waals surface area contributed by atoms with E-state index in [-0.39, 0.29) is 0 Å². The number of carboxylic acids is 1. The van der Waals surface area contributed by atoms with E-state index in [1.54, 1.807) is 18.2 Å². The molecule has 0 spiro atoms. The summed E-state index contributed by atoms with van der Waals surface area (Å²) in [4.78, 5) is 11.5. The molecule has 0 bridgehead atoms. The van der Waals surface area contributed by atoms with E-state index in [1.165, 1.54) is 0 Å². The molecule has 112 valence electrons. The van der Waals surface area contributed by atoms with Crippen LogP contribution in [-0.2, 0) is 4.79 Å². The summed E-state index contributed by atoms with van der Waals surface area (Å²) in [5, 5.41) is 19.3. The van der Waals surface area contributed by atoms with Gasteiger partial charge in [-0.3, -0.25) is 4.79 Å². The number of aryl methyl sites for hydroxylation is 1. The summed E-state index contributed by atoms with van der Waals surface area (Å²) in [5.41, 5.74) is 2.44. The van der Waals surface area contributed by atoms with Gasteiger partial charge in [0, 0.05) is 15.4 Å². The number of hydrogen-bond donors (Lipinski definition) is 1. The van der Waals surface area contributed by atoms with Crippen LogP contribution in [0.3, 0.4) is 0 Å². The lowest BCUT2D eigenvalue weighted by Gasteiger charge is -2.22. The van der Waals surface area contributed by atoms with Crippen LogP contribution in [0.2, 0.25) is 5.02 Å². The average molecular weight is 379 g/mol. The van der Waals surface area contributed by atoms with Gasteiger partial charge < -0.3 is 5.11 Å². The van der Waals surface area contributed by atoms with Gasteiger partial charge in [-0.25, -0.2) is 0 Å². The Bertz CT molecular complexity index is 737. The Hall–Kier alpha value is -1.83. The molecule has 2 aromatic carbocycles. The molecule has 0 fully saturated rings. The number of carbonyl (C=O) groups is 1. The van der Waals surface area contributed by atoms with Crippen LogP contribution in [-0.4, -0.2) is 11.1 Å². The lowest BCUT2D eigenvalue weighted by molar-refractivity contribution is -0.140. The fraction of sp³-hybridized carbons (Fsp3) is 0.176. The molecule has 0 aliphatic carbocycles. The Morgan fingerprint density at radius 1 is 1.27 bits per heavy atom. The van der Waals surface area contributed by atoms with Crippen LogP contribution in [0.25, 0.3) is 0 Å². The highest BCUT2D eigenvalue weighted by atomic mass is 79.9. The van der Waals surface area contributed by atoms with Gasteiger partial charge in [0.1, 0.15) is 0 Å². The van der Waals surface area contributed by atoms with Crippen molar-refractivity contribution in [1.82, 2.24) is 0 Å². The minimum atomic E-state index is -1.17. The van der Waals surface area contributed by atoms with Crippen molar-refractivity contribution in [1.29, 1.82) is 5.26 Å². The highest BCUT2D eigenvalue weighted by Gasteiger charge is 2.31. The smallest absolute Gasteiger partial charge is 0.321 e. The zero-order valence-corrected chi connectivity index (χ0v) is 14.1. The molecule has 0 saturated carbocycles. The van der Waals surface area contributed by atoms with Crippen molar-refractivity contribution < 1.29 is 9.90 Å². The van der Waals surface area contributed by atoms with Crippen LogP contribution in [0.1, 0.15) is 22.6 Å². The van der Waals surface area contributed by atoms with Gasteiger partial charge in [-0.05, 0) is 47.9 Å². The molecule has 2 aromatic rings. The third-order valence-electron chi connectivity index (χ3n) is 3.53. The third kappa shape index (κ3) is 3.49. The number of nitrogens with zero attached hydrogens (tertiary/aromatic N) is 1. The standard InChI is InChI=1S/C17H13BrClNO2/c1-10-8-13(19)6-7-14(10)16(15(9-20)17(21)22)11-2-4-12(18)5-3-11/h2-8,15-16H,1H3,(H,21,22). The first kappa shape index (κ1) is 16.5. The molecule has 0 amide bonds. The van der Waals surface area contributed by atoms with Crippen molar-refractivity contribution in [2.24, 2.45) is 5.92 Å². The first-order valence-electron chi connectivity index (χ1n) is 6.58. The number of carboxylic acid groups (broad SMARTS) is 1. The SMILES string of the molecule is Cc1cc(Cl)ccc1C(c1ccc(Br)cc1)C(C#N)C(=O)O. The zero-order chi connectivity index (χ0) is 16.3. The van der Waals surface area contributed by atoms with Gasteiger partial charge in [0.05, 0.1) is 6.07 Å². The topological polar surface area (TPSA) is 61.1 Å². The number of rotatable bonds is 4. The van der Waals surface area contributed by atoms with Crippen LogP contribution in [0, 0.1) is 24.2 Å². The largest absolute Gasteiger partial charge is 0.480 e. The molecule has 0 radical (unpaired) electrons. The molecule has 0 aromatic heterocycles. The maximum Gasteiger partial charge on any atom is 0.321 e. The number of aliphatic carboxylic acids is 1. The fourth-order valence-corrected chi connectivity index (χ4v) is 2.97. The van der Waals surface area contributed by atoms with Crippen LogP contribution in [0.15, 0.2) is 46.9 Å². The average Bonchev–Trinajstić information content (AvgIpc) is 2.46. The normalized spacial score (nSPS) is 13.2. The van der Waals surface area contributed by atoms with Crippen LogP contribution < -0.4 is 0 Å². The highest BCUT2D eigenvalue weighted by molar-refractivity contribution is 9.10. The molecular formula is C17H13BrClNO2. The first-order chi connectivity index (χ1) is 10.4. The number of benzene rings is 2. The summed E-state index contributed by atoms with van der Waals surface area (Å²) in [5.74, 6) is -2.85. The van der Waals surface area contributed by atoms with Crippen LogP contribution in [0.5, 0.6) is 0 Å². The van der Waals surface area contributed by atoms with Gasteiger partial charge in [0.2, 0.25) is 0 Å². The summed E-state index contributed by atoms with van der Waals surface area (Å²) in [6, 6.07) is 14.5. The molecular weight excluding hydrogens is 366 g/mol. The number of nitriles is 1. The lowest BCUT2D eigenvalue weighted by Crippen LogP contribution is -2.22. The van der Waals surface area contributed by atoms with Crippen molar-refractivity contribution in [3.05, 3.63) is 68.7 Å². The van der Waals surface area contributed by atoms with E-state index in [0.717, 1.165) is 21.2 Å².